The largest absolute Gasteiger partial charge is 0.326 e. The third-order valence-corrected chi connectivity index (χ3v) is 4.66. The van der Waals surface area contributed by atoms with E-state index >= 15 is 0 Å². The quantitative estimate of drug-likeness (QED) is 0.707. The molecule has 27 heavy (non-hydrogen) atoms. The second-order valence-electron chi connectivity index (χ2n) is 6.06. The van der Waals surface area contributed by atoms with Crippen LogP contribution in [-0.4, -0.2) is 22.0 Å². The van der Waals surface area contributed by atoms with Gasteiger partial charge in [0, 0.05) is 18.2 Å². The van der Waals surface area contributed by atoms with E-state index in [1.165, 1.54) is 30.4 Å². The van der Waals surface area contributed by atoms with Gasteiger partial charge in [0.1, 0.15) is 10.8 Å². The molecular formula is C19H17FN4O2S. The molecule has 0 spiro atoms. The van der Waals surface area contributed by atoms with Gasteiger partial charge in [-0.25, -0.2) is 4.39 Å². The molecule has 0 saturated heterocycles. The molecule has 1 aromatic heterocycles. The molecule has 0 bridgehead atoms. The molecule has 2 aromatic carbocycles. The highest BCUT2D eigenvalue weighted by molar-refractivity contribution is 7.18. The van der Waals surface area contributed by atoms with Gasteiger partial charge < -0.3 is 5.32 Å². The lowest BCUT2D eigenvalue weighted by Crippen LogP contribution is -2.15. The van der Waals surface area contributed by atoms with Crippen molar-refractivity contribution in [2.45, 2.75) is 20.8 Å². The predicted molar refractivity (Wildman–Crippen MR) is 103 cm³/mol. The van der Waals surface area contributed by atoms with Gasteiger partial charge in [0.15, 0.2) is 0 Å². The predicted octanol–water partition coefficient (Wildman–Crippen LogP) is 4.17. The fourth-order valence-corrected chi connectivity index (χ4v) is 3.41. The first-order valence-electron chi connectivity index (χ1n) is 8.13. The van der Waals surface area contributed by atoms with Gasteiger partial charge >= 0.3 is 0 Å². The van der Waals surface area contributed by atoms with Crippen LogP contribution in [0.5, 0.6) is 0 Å². The molecule has 1 heterocycles. The first-order valence-corrected chi connectivity index (χ1v) is 8.95. The normalized spacial score (nSPS) is 10.5. The van der Waals surface area contributed by atoms with E-state index in [0.29, 0.717) is 10.7 Å². The van der Waals surface area contributed by atoms with Crippen LogP contribution in [0.4, 0.5) is 15.2 Å². The number of hydrogen-bond acceptors (Lipinski definition) is 5. The van der Waals surface area contributed by atoms with Crippen molar-refractivity contribution in [2.24, 2.45) is 0 Å². The molecule has 3 aromatic rings. The lowest BCUT2D eigenvalue weighted by atomic mass is 10.1. The number of hydrogen-bond donors (Lipinski definition) is 2. The van der Waals surface area contributed by atoms with Crippen LogP contribution >= 0.6 is 11.3 Å². The van der Waals surface area contributed by atoms with Crippen molar-refractivity contribution < 1.29 is 14.0 Å². The molecule has 8 heteroatoms. The molecule has 6 nitrogen and oxygen atoms in total. The van der Waals surface area contributed by atoms with Gasteiger partial charge in [-0.15, -0.1) is 10.2 Å². The maximum atomic E-state index is 14.0. The third-order valence-electron chi connectivity index (χ3n) is 3.79. The topological polar surface area (TPSA) is 84.0 Å². The van der Waals surface area contributed by atoms with Crippen LogP contribution in [0, 0.1) is 19.7 Å². The van der Waals surface area contributed by atoms with Gasteiger partial charge in [0.25, 0.3) is 5.91 Å². The summed E-state index contributed by atoms with van der Waals surface area (Å²) in [6.45, 7) is 5.32. The number of nitrogens with zero attached hydrogens (tertiary/aromatic N) is 2. The molecule has 2 N–H and O–H groups in total. The third kappa shape index (κ3) is 4.35. The summed E-state index contributed by atoms with van der Waals surface area (Å²) in [6, 6.07) is 9.76. The van der Waals surface area contributed by atoms with Gasteiger partial charge in [0.05, 0.1) is 5.56 Å². The molecule has 0 aliphatic rings. The molecule has 0 aliphatic heterocycles. The Bertz CT molecular complexity index is 1030. The van der Waals surface area contributed by atoms with Crippen molar-refractivity contribution >= 4 is 34.0 Å². The molecule has 0 saturated carbocycles. The number of aryl methyl sites for hydroxylation is 2. The van der Waals surface area contributed by atoms with Crippen molar-refractivity contribution in [3.8, 4) is 10.6 Å². The van der Waals surface area contributed by atoms with Crippen LogP contribution in [0.3, 0.4) is 0 Å². The fraction of sp³-hybridized carbons (Fsp3) is 0.158. The maximum absolute atomic E-state index is 14.0. The summed E-state index contributed by atoms with van der Waals surface area (Å²) in [7, 11) is 0. The number of carbonyl (C=O) groups is 2. The summed E-state index contributed by atoms with van der Waals surface area (Å²) in [6.07, 6.45) is 0. The molecule has 138 valence electrons. The Kier molecular flexibility index (Phi) is 5.27. The average molecular weight is 384 g/mol. The number of amides is 2. The van der Waals surface area contributed by atoms with Crippen molar-refractivity contribution in [1.29, 1.82) is 0 Å². The van der Waals surface area contributed by atoms with E-state index in [-0.39, 0.29) is 16.6 Å². The Morgan fingerprint density at radius 1 is 1.04 bits per heavy atom. The van der Waals surface area contributed by atoms with E-state index in [1.807, 2.05) is 32.0 Å². The summed E-state index contributed by atoms with van der Waals surface area (Å²) in [5, 5.41) is 14.1. The Balaban J connectivity index is 1.81. The lowest BCUT2D eigenvalue weighted by molar-refractivity contribution is -0.114. The van der Waals surface area contributed by atoms with Gasteiger partial charge in [0.2, 0.25) is 11.0 Å². The number of aromatic nitrogens is 2. The van der Waals surface area contributed by atoms with Crippen molar-refractivity contribution in [3.05, 3.63) is 58.9 Å². The highest BCUT2D eigenvalue weighted by atomic mass is 32.1. The number of rotatable bonds is 4. The van der Waals surface area contributed by atoms with Gasteiger partial charge in [-0.05, 0) is 37.6 Å². The van der Waals surface area contributed by atoms with Crippen LogP contribution in [0.2, 0.25) is 0 Å². The van der Waals surface area contributed by atoms with E-state index in [9.17, 15) is 14.0 Å². The Hall–Kier alpha value is -3.13. The van der Waals surface area contributed by atoms with E-state index in [0.717, 1.165) is 22.8 Å². The highest BCUT2D eigenvalue weighted by Gasteiger charge is 2.16. The molecule has 0 radical (unpaired) electrons. The van der Waals surface area contributed by atoms with Crippen LogP contribution in [0.25, 0.3) is 10.6 Å². The minimum absolute atomic E-state index is 0.190. The monoisotopic (exact) mass is 384 g/mol. The van der Waals surface area contributed by atoms with Crippen molar-refractivity contribution in [3.63, 3.8) is 0 Å². The first kappa shape index (κ1) is 18.7. The molecule has 3 rings (SSSR count). The summed E-state index contributed by atoms with van der Waals surface area (Å²) in [4.78, 5) is 23.5. The highest BCUT2D eigenvalue weighted by Crippen LogP contribution is 2.29. The fourth-order valence-electron chi connectivity index (χ4n) is 2.58. The summed E-state index contributed by atoms with van der Waals surface area (Å²) < 4.78 is 14.0. The zero-order valence-corrected chi connectivity index (χ0v) is 15.8. The average Bonchev–Trinajstić information content (AvgIpc) is 3.04. The Morgan fingerprint density at radius 3 is 2.52 bits per heavy atom. The second-order valence-corrected chi connectivity index (χ2v) is 7.04. The molecule has 0 unspecified atom stereocenters. The van der Waals surface area contributed by atoms with Gasteiger partial charge in [-0.3, -0.25) is 14.9 Å². The first-order chi connectivity index (χ1) is 12.8. The SMILES string of the molecule is CC(=O)Nc1ccc(F)c(C(=O)Nc2nnc(-c3ccc(C)cc3C)s2)c1. The lowest BCUT2D eigenvalue weighted by Gasteiger charge is -2.06. The second kappa shape index (κ2) is 7.63. The van der Waals surface area contributed by atoms with E-state index in [4.69, 9.17) is 0 Å². The Labute approximate surface area is 159 Å². The van der Waals surface area contributed by atoms with Crippen LogP contribution in [0.1, 0.15) is 28.4 Å². The minimum Gasteiger partial charge on any atom is -0.326 e. The van der Waals surface area contributed by atoms with Crippen molar-refractivity contribution in [2.75, 3.05) is 10.6 Å². The van der Waals surface area contributed by atoms with Crippen LogP contribution < -0.4 is 10.6 Å². The number of benzene rings is 2. The summed E-state index contributed by atoms with van der Waals surface area (Å²) >= 11 is 1.20. The maximum Gasteiger partial charge on any atom is 0.260 e. The summed E-state index contributed by atoms with van der Waals surface area (Å²) in [5.41, 5.74) is 3.27. The molecule has 2 amide bonds. The zero-order valence-electron chi connectivity index (χ0n) is 15.0. The number of nitrogens with one attached hydrogen (secondary N) is 2. The Morgan fingerprint density at radius 2 is 1.81 bits per heavy atom. The summed E-state index contributed by atoms with van der Waals surface area (Å²) in [5.74, 6) is -1.67. The van der Waals surface area contributed by atoms with Crippen LogP contribution in [-0.2, 0) is 4.79 Å². The van der Waals surface area contributed by atoms with Crippen LogP contribution in [0.15, 0.2) is 36.4 Å². The zero-order chi connectivity index (χ0) is 19.6. The smallest absolute Gasteiger partial charge is 0.260 e. The molecule has 0 fully saturated rings. The molecule has 0 aliphatic carbocycles. The molecule has 0 atom stereocenters. The van der Waals surface area contributed by atoms with E-state index in [1.54, 1.807) is 0 Å². The standard InChI is InChI=1S/C19H17FN4O2S/c1-10-4-6-14(11(2)8-10)18-23-24-19(27-18)22-17(26)15-9-13(21-12(3)25)5-7-16(15)20/h4-9H,1-3H3,(H,21,25)(H,22,24,26). The van der Waals surface area contributed by atoms with E-state index < -0.39 is 11.7 Å². The number of halogens is 1. The van der Waals surface area contributed by atoms with Gasteiger partial charge in [-0.2, -0.15) is 0 Å². The van der Waals surface area contributed by atoms with E-state index in [2.05, 4.69) is 20.8 Å². The number of carbonyl (C=O) groups excluding carboxylic acids is 2. The minimum atomic E-state index is -0.694. The van der Waals surface area contributed by atoms with Gasteiger partial charge in [-0.1, -0.05) is 35.1 Å². The number of anilines is 2. The molecular weight excluding hydrogens is 367 g/mol. The van der Waals surface area contributed by atoms with Crippen molar-refractivity contribution in [1.82, 2.24) is 10.2 Å².